The average molecular weight is 229 g/mol. The number of halogens is 1. The summed E-state index contributed by atoms with van der Waals surface area (Å²) in [6, 6.07) is 2.17. The summed E-state index contributed by atoms with van der Waals surface area (Å²) in [4.78, 5) is 10.7. The first-order valence-corrected chi connectivity index (χ1v) is 4.46. The number of ether oxygens (including phenoxy) is 2. The van der Waals surface area contributed by atoms with Crippen molar-refractivity contribution in [3.05, 3.63) is 29.6 Å². The molecule has 0 heterocycles. The molecule has 0 saturated heterocycles. The normalized spacial score (nSPS) is 12.2. The van der Waals surface area contributed by atoms with Crippen molar-refractivity contribution < 1.29 is 23.8 Å². The van der Waals surface area contributed by atoms with E-state index < -0.39 is 17.8 Å². The maximum Gasteiger partial charge on any atom is 0.325 e. The summed E-state index contributed by atoms with van der Waals surface area (Å²) in [6.45, 7) is -0.0645. The Morgan fingerprint density at radius 3 is 2.88 bits per heavy atom. The van der Waals surface area contributed by atoms with E-state index in [0.717, 1.165) is 12.1 Å². The number of methoxy groups -OCH3 is 1. The molecule has 0 saturated carbocycles. The van der Waals surface area contributed by atoms with E-state index in [1.54, 1.807) is 0 Å². The minimum Gasteiger partial charge on any atom is -0.480 e. The van der Waals surface area contributed by atoms with Crippen LogP contribution >= 0.6 is 0 Å². The zero-order valence-electron chi connectivity index (χ0n) is 8.64. The van der Waals surface area contributed by atoms with Crippen molar-refractivity contribution in [3.8, 4) is 5.75 Å². The molecule has 3 N–H and O–H groups in total. The summed E-state index contributed by atoms with van der Waals surface area (Å²) in [5.74, 6) is -1.64. The van der Waals surface area contributed by atoms with Gasteiger partial charge in [-0.25, -0.2) is 4.39 Å². The Bertz CT molecular complexity index is 383. The molecule has 88 valence electrons. The number of rotatable bonds is 5. The van der Waals surface area contributed by atoms with Gasteiger partial charge in [-0.3, -0.25) is 4.79 Å². The summed E-state index contributed by atoms with van der Waals surface area (Å²) in [7, 11) is 1.42. The van der Waals surface area contributed by atoms with Crippen molar-refractivity contribution in [3.63, 3.8) is 0 Å². The highest BCUT2D eigenvalue weighted by atomic mass is 19.1. The van der Waals surface area contributed by atoms with E-state index in [1.165, 1.54) is 13.2 Å². The van der Waals surface area contributed by atoms with Crippen LogP contribution in [-0.4, -0.2) is 25.0 Å². The first-order valence-electron chi connectivity index (χ1n) is 4.46. The molecule has 0 aliphatic carbocycles. The van der Waals surface area contributed by atoms with Crippen LogP contribution in [0.4, 0.5) is 4.39 Å². The van der Waals surface area contributed by atoms with E-state index in [9.17, 15) is 9.18 Å². The minimum absolute atomic E-state index is 0.0645. The van der Waals surface area contributed by atoms with Crippen molar-refractivity contribution in [2.45, 2.75) is 6.04 Å². The van der Waals surface area contributed by atoms with Crippen molar-refractivity contribution in [1.82, 2.24) is 0 Å². The molecule has 5 nitrogen and oxygen atoms in total. The molecule has 16 heavy (non-hydrogen) atoms. The number of benzene rings is 1. The topological polar surface area (TPSA) is 81.8 Å². The monoisotopic (exact) mass is 229 g/mol. The van der Waals surface area contributed by atoms with Crippen LogP contribution in [0.25, 0.3) is 0 Å². The average Bonchev–Trinajstić information content (AvgIpc) is 2.26. The van der Waals surface area contributed by atoms with Crippen molar-refractivity contribution in [2.75, 3.05) is 13.9 Å². The highest BCUT2D eigenvalue weighted by molar-refractivity contribution is 5.76. The molecule has 1 aromatic carbocycles. The molecule has 1 unspecified atom stereocenters. The Kier molecular flexibility index (Phi) is 4.21. The van der Waals surface area contributed by atoms with Gasteiger partial charge < -0.3 is 20.3 Å². The molecule has 0 fully saturated rings. The molecule has 1 atom stereocenters. The Morgan fingerprint density at radius 1 is 1.62 bits per heavy atom. The largest absolute Gasteiger partial charge is 0.480 e. The molecule has 1 aromatic rings. The smallest absolute Gasteiger partial charge is 0.325 e. The van der Waals surface area contributed by atoms with Gasteiger partial charge in [0.2, 0.25) is 0 Å². The van der Waals surface area contributed by atoms with E-state index in [1.807, 2.05) is 0 Å². The molecular formula is C10H12FNO4. The van der Waals surface area contributed by atoms with E-state index in [4.69, 9.17) is 15.6 Å². The summed E-state index contributed by atoms with van der Waals surface area (Å²) in [5.41, 5.74) is 5.47. The van der Waals surface area contributed by atoms with Gasteiger partial charge in [-0.2, -0.15) is 0 Å². The fraction of sp³-hybridized carbons (Fsp3) is 0.300. The maximum absolute atomic E-state index is 13.0. The lowest BCUT2D eigenvalue weighted by molar-refractivity contribution is -0.138. The molecule has 6 heteroatoms. The lowest BCUT2D eigenvalue weighted by Gasteiger charge is -2.13. The second-order valence-electron chi connectivity index (χ2n) is 3.05. The molecule has 0 radical (unpaired) electrons. The van der Waals surface area contributed by atoms with Crippen LogP contribution in [0.5, 0.6) is 5.75 Å². The second kappa shape index (κ2) is 5.43. The third kappa shape index (κ3) is 2.91. The lowest BCUT2D eigenvalue weighted by Crippen LogP contribution is -2.21. The van der Waals surface area contributed by atoms with Gasteiger partial charge in [-0.15, -0.1) is 0 Å². The fourth-order valence-electron chi connectivity index (χ4n) is 1.15. The zero-order valence-corrected chi connectivity index (χ0v) is 8.64. The third-order valence-corrected chi connectivity index (χ3v) is 1.91. The van der Waals surface area contributed by atoms with Gasteiger partial charge >= 0.3 is 5.97 Å². The highest BCUT2D eigenvalue weighted by Gasteiger charge is 2.19. The predicted octanol–water partition coefficient (Wildman–Crippen LogP) is 0.893. The molecule has 1 rings (SSSR count). The van der Waals surface area contributed by atoms with Gasteiger partial charge in [0.15, 0.2) is 6.79 Å². The van der Waals surface area contributed by atoms with Gasteiger partial charge in [-0.1, -0.05) is 0 Å². The Morgan fingerprint density at radius 2 is 2.31 bits per heavy atom. The molecular weight excluding hydrogens is 217 g/mol. The second-order valence-corrected chi connectivity index (χ2v) is 3.05. The molecule has 0 spiro atoms. The SMILES string of the molecule is COCOc1ccc(F)cc1C(N)C(=O)O. The van der Waals surface area contributed by atoms with Gasteiger partial charge in [0.1, 0.15) is 17.6 Å². The van der Waals surface area contributed by atoms with Crippen molar-refractivity contribution in [2.24, 2.45) is 5.73 Å². The number of nitrogens with two attached hydrogens (primary N) is 1. The Labute approximate surface area is 91.6 Å². The van der Waals surface area contributed by atoms with Crippen LogP contribution < -0.4 is 10.5 Å². The number of hydrogen-bond donors (Lipinski definition) is 2. The van der Waals surface area contributed by atoms with Crippen molar-refractivity contribution >= 4 is 5.97 Å². The van der Waals surface area contributed by atoms with Crippen LogP contribution in [0.1, 0.15) is 11.6 Å². The van der Waals surface area contributed by atoms with E-state index in [2.05, 4.69) is 4.74 Å². The van der Waals surface area contributed by atoms with Gasteiger partial charge in [-0.05, 0) is 18.2 Å². The summed E-state index contributed by atoms with van der Waals surface area (Å²) in [6.07, 6.45) is 0. The Hall–Kier alpha value is -1.66. The first-order chi connectivity index (χ1) is 7.56. The summed E-state index contributed by atoms with van der Waals surface area (Å²) in [5, 5.41) is 8.74. The predicted molar refractivity (Wildman–Crippen MR) is 53.5 cm³/mol. The van der Waals surface area contributed by atoms with Crippen LogP contribution in [0.15, 0.2) is 18.2 Å². The third-order valence-electron chi connectivity index (χ3n) is 1.91. The minimum atomic E-state index is -1.33. The number of aliphatic carboxylic acids is 1. The standard InChI is InChI=1S/C10H12FNO4/c1-15-5-16-8-3-2-6(11)4-7(8)9(12)10(13)14/h2-4,9H,5,12H2,1H3,(H,13,14). The molecule has 0 aliphatic rings. The van der Waals surface area contributed by atoms with Gasteiger partial charge in [0.25, 0.3) is 0 Å². The van der Waals surface area contributed by atoms with Crippen LogP contribution in [-0.2, 0) is 9.53 Å². The van der Waals surface area contributed by atoms with Gasteiger partial charge in [0.05, 0.1) is 0 Å². The summed E-state index contributed by atoms with van der Waals surface area (Å²) >= 11 is 0. The first kappa shape index (κ1) is 12.4. The molecule has 0 bridgehead atoms. The molecule has 0 amide bonds. The molecule has 0 aliphatic heterocycles. The number of carbonyl (C=O) groups is 1. The number of carboxylic acids is 1. The van der Waals surface area contributed by atoms with Gasteiger partial charge in [0, 0.05) is 12.7 Å². The fourth-order valence-corrected chi connectivity index (χ4v) is 1.15. The quantitative estimate of drug-likeness (QED) is 0.733. The highest BCUT2D eigenvalue weighted by Crippen LogP contribution is 2.25. The van der Waals surface area contributed by atoms with E-state index >= 15 is 0 Å². The Balaban J connectivity index is 3.02. The number of carboxylic acid groups (broad SMARTS) is 1. The van der Waals surface area contributed by atoms with Crippen LogP contribution in [0.2, 0.25) is 0 Å². The van der Waals surface area contributed by atoms with Crippen LogP contribution in [0, 0.1) is 5.82 Å². The zero-order chi connectivity index (χ0) is 12.1. The van der Waals surface area contributed by atoms with Crippen molar-refractivity contribution in [1.29, 1.82) is 0 Å². The number of hydrogen-bond acceptors (Lipinski definition) is 4. The van der Waals surface area contributed by atoms with Crippen LogP contribution in [0.3, 0.4) is 0 Å². The van der Waals surface area contributed by atoms with E-state index in [-0.39, 0.29) is 18.1 Å². The lowest BCUT2D eigenvalue weighted by atomic mass is 10.1. The van der Waals surface area contributed by atoms with E-state index in [0.29, 0.717) is 0 Å². The molecule has 0 aromatic heterocycles. The summed E-state index contributed by atoms with van der Waals surface area (Å²) < 4.78 is 22.7. The maximum atomic E-state index is 13.0.